The van der Waals surface area contributed by atoms with Gasteiger partial charge in [0.1, 0.15) is 5.75 Å². The Morgan fingerprint density at radius 3 is 2.54 bits per heavy atom. The van der Waals surface area contributed by atoms with E-state index in [0.717, 1.165) is 23.4 Å². The van der Waals surface area contributed by atoms with E-state index < -0.39 is 17.5 Å². The molecule has 0 atom stereocenters. The maximum atomic E-state index is 13.2. The molecule has 8 heteroatoms. The number of nitrogens with one attached hydrogen (secondary N) is 2. The van der Waals surface area contributed by atoms with Crippen LogP contribution in [0.15, 0.2) is 54.9 Å². The van der Waals surface area contributed by atoms with Crippen LogP contribution in [0.1, 0.15) is 15.9 Å². The Balaban J connectivity index is 1.55. The molecule has 144 valence electrons. The Morgan fingerprint density at radius 2 is 1.82 bits per heavy atom. The predicted molar refractivity (Wildman–Crippen MR) is 102 cm³/mol. The molecular weight excluding hydrogens is 366 g/mol. The second-order valence-electron chi connectivity index (χ2n) is 5.87. The third kappa shape index (κ3) is 4.79. The van der Waals surface area contributed by atoms with Crippen molar-refractivity contribution in [1.82, 2.24) is 9.97 Å². The first-order valence-corrected chi connectivity index (χ1v) is 8.51. The highest BCUT2D eigenvalue weighted by Gasteiger charge is 2.10. The SMILES string of the molecule is COc1ccccc1CCNc1ncc(C(=O)Nc2ccc(F)c(F)c2)cn1. The van der Waals surface area contributed by atoms with Crippen LogP contribution in [0.3, 0.4) is 0 Å². The maximum absolute atomic E-state index is 13.2. The standard InChI is InChI=1S/C20H18F2N4O2/c1-28-18-5-3-2-4-13(18)8-9-23-20-24-11-14(12-25-20)19(27)26-15-6-7-16(21)17(22)10-15/h2-7,10-12H,8-9H2,1H3,(H,26,27)(H,23,24,25). The zero-order chi connectivity index (χ0) is 19.9. The quantitative estimate of drug-likeness (QED) is 0.650. The van der Waals surface area contributed by atoms with Gasteiger partial charge in [0.2, 0.25) is 5.95 Å². The van der Waals surface area contributed by atoms with Gasteiger partial charge in [0.15, 0.2) is 11.6 Å². The van der Waals surface area contributed by atoms with Gasteiger partial charge in [0.05, 0.1) is 12.7 Å². The van der Waals surface area contributed by atoms with Crippen molar-refractivity contribution in [2.45, 2.75) is 6.42 Å². The van der Waals surface area contributed by atoms with Crippen molar-refractivity contribution in [3.05, 3.63) is 77.6 Å². The van der Waals surface area contributed by atoms with Gasteiger partial charge in [0.25, 0.3) is 5.91 Å². The van der Waals surface area contributed by atoms with Crippen molar-refractivity contribution in [2.75, 3.05) is 24.3 Å². The minimum atomic E-state index is -1.04. The number of ether oxygens (including phenoxy) is 1. The summed E-state index contributed by atoms with van der Waals surface area (Å²) in [5.74, 6) is -1.35. The Labute approximate surface area is 160 Å². The molecule has 0 saturated heterocycles. The van der Waals surface area contributed by atoms with Crippen LogP contribution < -0.4 is 15.4 Å². The van der Waals surface area contributed by atoms with Crippen molar-refractivity contribution < 1.29 is 18.3 Å². The van der Waals surface area contributed by atoms with Crippen LogP contribution in [-0.4, -0.2) is 29.5 Å². The van der Waals surface area contributed by atoms with Gasteiger partial charge < -0.3 is 15.4 Å². The number of carbonyl (C=O) groups excluding carboxylic acids is 1. The van der Waals surface area contributed by atoms with E-state index in [4.69, 9.17) is 4.74 Å². The van der Waals surface area contributed by atoms with Crippen molar-refractivity contribution in [1.29, 1.82) is 0 Å². The summed E-state index contributed by atoms with van der Waals surface area (Å²) < 4.78 is 31.4. The summed E-state index contributed by atoms with van der Waals surface area (Å²) in [4.78, 5) is 20.3. The van der Waals surface area contributed by atoms with Gasteiger partial charge in [-0.3, -0.25) is 4.79 Å². The lowest BCUT2D eigenvalue weighted by molar-refractivity contribution is 0.102. The van der Waals surface area contributed by atoms with Gasteiger partial charge >= 0.3 is 0 Å². The lowest BCUT2D eigenvalue weighted by Gasteiger charge is -2.09. The van der Waals surface area contributed by atoms with Crippen molar-refractivity contribution >= 4 is 17.5 Å². The zero-order valence-corrected chi connectivity index (χ0v) is 15.1. The van der Waals surface area contributed by atoms with Crippen LogP contribution in [0.25, 0.3) is 0 Å². The number of carbonyl (C=O) groups is 1. The number of para-hydroxylation sites is 1. The maximum Gasteiger partial charge on any atom is 0.258 e. The summed E-state index contributed by atoms with van der Waals surface area (Å²) >= 11 is 0. The van der Waals surface area contributed by atoms with Crippen LogP contribution in [0.5, 0.6) is 5.75 Å². The molecule has 6 nitrogen and oxygen atoms in total. The number of hydrogen-bond donors (Lipinski definition) is 2. The fourth-order valence-electron chi connectivity index (χ4n) is 2.53. The highest BCUT2D eigenvalue weighted by Crippen LogP contribution is 2.18. The number of aromatic nitrogens is 2. The molecule has 0 radical (unpaired) electrons. The third-order valence-corrected chi connectivity index (χ3v) is 3.96. The van der Waals surface area contributed by atoms with Crippen LogP contribution in [-0.2, 0) is 6.42 Å². The predicted octanol–water partition coefficient (Wildman–Crippen LogP) is 3.67. The zero-order valence-electron chi connectivity index (χ0n) is 15.1. The van der Waals surface area contributed by atoms with E-state index in [9.17, 15) is 13.6 Å². The van der Waals surface area contributed by atoms with Crippen LogP contribution >= 0.6 is 0 Å². The van der Waals surface area contributed by atoms with E-state index in [1.165, 1.54) is 18.5 Å². The van der Waals surface area contributed by atoms with E-state index in [0.29, 0.717) is 18.9 Å². The fraction of sp³-hybridized carbons (Fsp3) is 0.150. The highest BCUT2D eigenvalue weighted by atomic mass is 19.2. The average Bonchev–Trinajstić information content (AvgIpc) is 2.71. The number of hydrogen-bond acceptors (Lipinski definition) is 5. The highest BCUT2D eigenvalue weighted by molar-refractivity contribution is 6.03. The third-order valence-electron chi connectivity index (χ3n) is 3.96. The molecule has 3 rings (SSSR count). The summed E-state index contributed by atoms with van der Waals surface area (Å²) in [5, 5.41) is 5.54. The smallest absolute Gasteiger partial charge is 0.258 e. The topological polar surface area (TPSA) is 76.1 Å². The lowest BCUT2D eigenvalue weighted by atomic mass is 10.1. The largest absolute Gasteiger partial charge is 0.496 e. The molecule has 0 spiro atoms. The Bertz CT molecular complexity index is 965. The van der Waals surface area contributed by atoms with Gasteiger partial charge in [-0.2, -0.15) is 0 Å². The Morgan fingerprint density at radius 1 is 1.07 bits per heavy atom. The minimum absolute atomic E-state index is 0.142. The van der Waals surface area contributed by atoms with E-state index >= 15 is 0 Å². The monoisotopic (exact) mass is 384 g/mol. The first-order chi connectivity index (χ1) is 13.6. The second kappa shape index (κ2) is 8.90. The molecule has 1 heterocycles. The number of nitrogens with zero attached hydrogens (tertiary/aromatic N) is 2. The van der Waals surface area contributed by atoms with Crippen LogP contribution in [0.4, 0.5) is 20.4 Å². The molecule has 0 fully saturated rings. The average molecular weight is 384 g/mol. The van der Waals surface area contributed by atoms with Crippen LogP contribution in [0, 0.1) is 11.6 Å². The van der Waals surface area contributed by atoms with Gasteiger partial charge in [-0.1, -0.05) is 18.2 Å². The lowest BCUT2D eigenvalue weighted by Crippen LogP contribution is -2.14. The van der Waals surface area contributed by atoms with Gasteiger partial charge in [-0.15, -0.1) is 0 Å². The van der Waals surface area contributed by atoms with Crippen molar-refractivity contribution in [3.63, 3.8) is 0 Å². The molecule has 0 saturated carbocycles. The minimum Gasteiger partial charge on any atom is -0.496 e. The van der Waals surface area contributed by atoms with Crippen LogP contribution in [0.2, 0.25) is 0 Å². The summed E-state index contributed by atoms with van der Waals surface area (Å²) in [6.45, 7) is 0.584. The summed E-state index contributed by atoms with van der Waals surface area (Å²) in [6, 6.07) is 10.8. The molecule has 2 N–H and O–H groups in total. The van der Waals surface area contributed by atoms with E-state index in [1.807, 2.05) is 24.3 Å². The molecule has 2 aromatic carbocycles. The molecular formula is C20H18F2N4O2. The number of anilines is 2. The molecule has 28 heavy (non-hydrogen) atoms. The molecule has 0 aliphatic heterocycles. The molecule has 3 aromatic rings. The van der Waals surface area contributed by atoms with Gasteiger partial charge in [-0.25, -0.2) is 18.7 Å². The second-order valence-corrected chi connectivity index (χ2v) is 5.87. The molecule has 0 aliphatic carbocycles. The van der Waals surface area contributed by atoms with E-state index in [1.54, 1.807) is 7.11 Å². The van der Waals surface area contributed by atoms with Gasteiger partial charge in [-0.05, 0) is 30.2 Å². The summed E-state index contributed by atoms with van der Waals surface area (Å²) in [5.41, 5.74) is 1.39. The normalized spacial score (nSPS) is 10.4. The van der Waals surface area contributed by atoms with E-state index in [-0.39, 0.29) is 11.3 Å². The van der Waals surface area contributed by atoms with Gasteiger partial charge in [0, 0.05) is 30.7 Å². The molecule has 0 unspecified atom stereocenters. The van der Waals surface area contributed by atoms with E-state index in [2.05, 4.69) is 20.6 Å². The molecule has 0 bridgehead atoms. The first-order valence-electron chi connectivity index (χ1n) is 8.51. The number of rotatable bonds is 7. The molecule has 1 amide bonds. The fourth-order valence-corrected chi connectivity index (χ4v) is 2.53. The molecule has 0 aliphatic rings. The Kier molecular flexibility index (Phi) is 6.11. The molecule has 1 aromatic heterocycles. The summed E-state index contributed by atoms with van der Waals surface area (Å²) in [6.07, 6.45) is 3.42. The van der Waals surface area contributed by atoms with Crippen molar-refractivity contribution in [3.8, 4) is 5.75 Å². The number of methoxy groups -OCH3 is 1. The number of benzene rings is 2. The summed E-state index contributed by atoms with van der Waals surface area (Å²) in [7, 11) is 1.62. The number of amides is 1. The number of halogens is 2. The van der Waals surface area contributed by atoms with Crippen molar-refractivity contribution in [2.24, 2.45) is 0 Å². The Hall–Kier alpha value is -3.55. The first kappa shape index (κ1) is 19.2.